The smallest absolute Gasteiger partial charge is 0.0758 e. The molecule has 1 radical (unpaired) electrons. The van der Waals surface area contributed by atoms with Gasteiger partial charge in [-0.1, -0.05) is 30.3 Å². The van der Waals surface area contributed by atoms with E-state index in [9.17, 15) is 0 Å². The first kappa shape index (κ1) is 6.87. The summed E-state index contributed by atoms with van der Waals surface area (Å²) in [4.78, 5) is 0. The third kappa shape index (κ3) is 1.94. The lowest BCUT2D eigenvalue weighted by molar-refractivity contribution is 0.473. The van der Waals surface area contributed by atoms with Crippen LogP contribution in [-0.4, -0.2) is 5.11 Å². The summed E-state index contributed by atoms with van der Waals surface area (Å²) in [5.74, 6) is 0. The van der Waals surface area contributed by atoms with Gasteiger partial charge in [0, 0.05) is 6.42 Å². The fourth-order valence-corrected chi connectivity index (χ4v) is 0.718. The van der Waals surface area contributed by atoms with Gasteiger partial charge in [0.2, 0.25) is 0 Å². The molecule has 0 saturated carbocycles. The van der Waals surface area contributed by atoms with Gasteiger partial charge in [-0.05, 0) is 11.6 Å². The Labute approximate surface area is 60.6 Å². The van der Waals surface area contributed by atoms with Crippen molar-refractivity contribution >= 4 is 0 Å². The number of hydrogen-bond donors (Lipinski definition) is 1. The zero-order chi connectivity index (χ0) is 7.23. The van der Waals surface area contributed by atoms with E-state index in [4.69, 9.17) is 5.11 Å². The zero-order valence-corrected chi connectivity index (χ0v) is 5.57. The summed E-state index contributed by atoms with van der Waals surface area (Å²) in [5.41, 5.74) is 1.09. The van der Waals surface area contributed by atoms with Crippen LogP contribution in [0.3, 0.4) is 0 Å². The topological polar surface area (TPSA) is 20.2 Å². The molecular formula is C9H9O. The lowest BCUT2D eigenvalue weighted by atomic mass is 10.2. The molecule has 0 aliphatic rings. The van der Waals surface area contributed by atoms with Crippen LogP contribution in [0.15, 0.2) is 42.7 Å². The monoisotopic (exact) mass is 133 g/mol. The quantitative estimate of drug-likeness (QED) is 0.614. The first-order valence-corrected chi connectivity index (χ1v) is 3.12. The van der Waals surface area contributed by atoms with Crippen molar-refractivity contribution in [2.24, 2.45) is 0 Å². The Bertz CT molecular complexity index is 201. The summed E-state index contributed by atoms with van der Waals surface area (Å²) in [6.07, 6.45) is 4.45. The summed E-state index contributed by atoms with van der Waals surface area (Å²) >= 11 is 0. The largest absolute Gasteiger partial charge is 0.516 e. The predicted octanol–water partition coefficient (Wildman–Crippen LogP) is 2.31. The Morgan fingerprint density at radius 2 is 1.80 bits per heavy atom. The second kappa shape index (κ2) is 3.72. The van der Waals surface area contributed by atoms with Gasteiger partial charge in [0.15, 0.2) is 0 Å². The van der Waals surface area contributed by atoms with Gasteiger partial charge < -0.3 is 5.11 Å². The number of benzene rings is 1. The molecule has 1 nitrogen and oxygen atoms in total. The van der Waals surface area contributed by atoms with Gasteiger partial charge in [0.1, 0.15) is 0 Å². The first-order valence-electron chi connectivity index (χ1n) is 3.12. The molecule has 0 fully saturated rings. The fourth-order valence-electron chi connectivity index (χ4n) is 0.718. The second-order valence-corrected chi connectivity index (χ2v) is 1.92. The summed E-state index contributed by atoms with van der Waals surface area (Å²) in [6.45, 7) is 0. The van der Waals surface area contributed by atoms with Crippen LogP contribution in [0, 0.1) is 6.42 Å². The highest BCUT2D eigenvalue weighted by atomic mass is 16.2. The molecule has 0 atom stereocenters. The average Bonchev–Trinajstić information content (AvgIpc) is 2.03. The van der Waals surface area contributed by atoms with Gasteiger partial charge in [-0.15, -0.1) is 0 Å². The third-order valence-electron chi connectivity index (χ3n) is 1.17. The number of rotatable bonds is 2. The molecule has 0 aliphatic heterocycles. The SMILES string of the molecule is OC=C[CH]c1ccccc1. The van der Waals surface area contributed by atoms with Crippen molar-refractivity contribution in [3.63, 3.8) is 0 Å². The van der Waals surface area contributed by atoms with Crippen molar-refractivity contribution in [1.29, 1.82) is 0 Å². The minimum absolute atomic E-state index is 1.02. The highest BCUT2D eigenvalue weighted by molar-refractivity contribution is 5.26. The molecule has 0 bridgehead atoms. The van der Waals surface area contributed by atoms with E-state index in [1.165, 1.54) is 0 Å². The maximum atomic E-state index is 8.32. The Morgan fingerprint density at radius 3 is 2.40 bits per heavy atom. The van der Waals surface area contributed by atoms with E-state index >= 15 is 0 Å². The van der Waals surface area contributed by atoms with E-state index in [2.05, 4.69) is 0 Å². The summed E-state index contributed by atoms with van der Waals surface area (Å²) in [6, 6.07) is 9.81. The van der Waals surface area contributed by atoms with Crippen LogP contribution in [0.5, 0.6) is 0 Å². The molecule has 0 amide bonds. The molecule has 51 valence electrons. The highest BCUT2D eigenvalue weighted by Crippen LogP contribution is 2.01. The lowest BCUT2D eigenvalue weighted by Crippen LogP contribution is -1.74. The Kier molecular flexibility index (Phi) is 2.56. The highest BCUT2D eigenvalue weighted by Gasteiger charge is 1.84. The lowest BCUT2D eigenvalue weighted by Gasteiger charge is -1.91. The van der Waals surface area contributed by atoms with Crippen LogP contribution in [-0.2, 0) is 0 Å². The van der Waals surface area contributed by atoms with E-state index in [1.54, 1.807) is 6.08 Å². The molecule has 0 unspecified atom stereocenters. The van der Waals surface area contributed by atoms with Crippen LogP contribution in [0.4, 0.5) is 0 Å². The zero-order valence-electron chi connectivity index (χ0n) is 5.57. The number of aliphatic hydroxyl groups excluding tert-OH is 1. The minimum atomic E-state index is 1.02. The number of aliphatic hydroxyl groups is 1. The van der Waals surface area contributed by atoms with Crippen LogP contribution in [0.2, 0.25) is 0 Å². The van der Waals surface area contributed by atoms with Crippen molar-refractivity contribution in [1.82, 2.24) is 0 Å². The fraction of sp³-hybridized carbons (Fsp3) is 0. The van der Waals surface area contributed by atoms with Gasteiger partial charge in [0.25, 0.3) is 0 Å². The summed E-state index contributed by atoms with van der Waals surface area (Å²) in [7, 11) is 0. The van der Waals surface area contributed by atoms with Gasteiger partial charge in [-0.25, -0.2) is 0 Å². The molecule has 0 heterocycles. The average molecular weight is 133 g/mol. The Morgan fingerprint density at radius 1 is 1.10 bits per heavy atom. The molecule has 1 heteroatoms. The molecule has 10 heavy (non-hydrogen) atoms. The normalized spacial score (nSPS) is 10.4. The van der Waals surface area contributed by atoms with E-state index in [0.717, 1.165) is 11.8 Å². The van der Waals surface area contributed by atoms with Crippen molar-refractivity contribution in [3.8, 4) is 0 Å². The summed E-state index contributed by atoms with van der Waals surface area (Å²) in [5, 5.41) is 8.32. The van der Waals surface area contributed by atoms with Gasteiger partial charge in [-0.2, -0.15) is 0 Å². The molecule has 0 aromatic heterocycles. The number of hydrogen-bond acceptors (Lipinski definition) is 1. The van der Waals surface area contributed by atoms with Crippen molar-refractivity contribution < 1.29 is 5.11 Å². The van der Waals surface area contributed by atoms with E-state index < -0.39 is 0 Å². The van der Waals surface area contributed by atoms with Gasteiger partial charge >= 0.3 is 0 Å². The van der Waals surface area contributed by atoms with Crippen LogP contribution in [0.25, 0.3) is 0 Å². The predicted molar refractivity (Wildman–Crippen MR) is 41.6 cm³/mol. The summed E-state index contributed by atoms with van der Waals surface area (Å²) < 4.78 is 0. The second-order valence-electron chi connectivity index (χ2n) is 1.92. The van der Waals surface area contributed by atoms with E-state index in [-0.39, 0.29) is 0 Å². The first-order chi connectivity index (χ1) is 4.93. The van der Waals surface area contributed by atoms with Crippen LogP contribution < -0.4 is 0 Å². The van der Waals surface area contributed by atoms with Crippen LogP contribution in [0.1, 0.15) is 5.56 Å². The molecule has 1 N–H and O–H groups in total. The molecule has 0 spiro atoms. The maximum absolute atomic E-state index is 8.32. The van der Waals surface area contributed by atoms with E-state index in [1.807, 2.05) is 36.8 Å². The Balaban J connectivity index is 2.59. The van der Waals surface area contributed by atoms with Crippen molar-refractivity contribution in [2.45, 2.75) is 0 Å². The van der Waals surface area contributed by atoms with Crippen molar-refractivity contribution in [2.75, 3.05) is 0 Å². The molecule has 1 aromatic rings. The maximum Gasteiger partial charge on any atom is 0.0758 e. The molecule has 0 saturated heterocycles. The molecule has 1 aromatic carbocycles. The molecule has 0 aliphatic carbocycles. The van der Waals surface area contributed by atoms with Gasteiger partial charge in [-0.3, -0.25) is 0 Å². The minimum Gasteiger partial charge on any atom is -0.516 e. The Hall–Kier alpha value is -1.24. The van der Waals surface area contributed by atoms with Crippen molar-refractivity contribution in [3.05, 3.63) is 54.7 Å². The standard InChI is InChI=1S/C9H9O/c10-8-4-7-9-5-2-1-3-6-9/h1-8,10H. The molecule has 1 rings (SSSR count). The number of allylic oxidation sites excluding steroid dienone is 1. The molecular weight excluding hydrogens is 124 g/mol. The van der Waals surface area contributed by atoms with Gasteiger partial charge in [0.05, 0.1) is 6.26 Å². The van der Waals surface area contributed by atoms with Crippen LogP contribution >= 0.6 is 0 Å². The third-order valence-corrected chi connectivity index (χ3v) is 1.17. The van der Waals surface area contributed by atoms with E-state index in [0.29, 0.717) is 0 Å².